The lowest BCUT2D eigenvalue weighted by molar-refractivity contribution is -0.136. The van der Waals surface area contributed by atoms with E-state index in [4.69, 9.17) is 4.74 Å². The van der Waals surface area contributed by atoms with Gasteiger partial charge in [0.05, 0.1) is 23.8 Å². The van der Waals surface area contributed by atoms with Gasteiger partial charge in [-0.2, -0.15) is 5.26 Å². The smallest absolute Gasteiger partial charge is 0.412 e. The highest BCUT2D eigenvalue weighted by Crippen LogP contribution is 2.46. The van der Waals surface area contributed by atoms with Crippen molar-refractivity contribution < 1.29 is 27.9 Å². The molecule has 202 valence electrons. The minimum absolute atomic E-state index is 0.00695. The number of hydrogen-bond acceptors (Lipinski definition) is 5. The molecule has 0 saturated carbocycles. The molecule has 3 amide bonds. The topological polar surface area (TPSA) is 116 Å². The van der Waals surface area contributed by atoms with Crippen LogP contribution >= 0.6 is 0 Å². The fourth-order valence-electron chi connectivity index (χ4n) is 5.69. The molecule has 2 aliphatic heterocycles. The van der Waals surface area contributed by atoms with E-state index in [0.29, 0.717) is 11.3 Å². The predicted octanol–water partition coefficient (Wildman–Crippen LogP) is 4.45. The first-order chi connectivity index (χ1) is 18.6. The lowest BCUT2D eigenvalue weighted by atomic mass is 9.88. The third-order valence-electron chi connectivity index (χ3n) is 7.32. The highest BCUT2D eigenvalue weighted by Gasteiger charge is 2.54. The SMILES string of the molecule is CNC(=O)c1cc2c(F)cc(F)cc2n1[C@@H](CC(C)C)C(=O)N1C[C@]2(C[C@H]1C#N)OC(=O)Nc1ccccc12. The minimum atomic E-state index is -1.25. The molecule has 0 aliphatic carbocycles. The lowest BCUT2D eigenvalue weighted by Gasteiger charge is -2.35. The Labute approximate surface area is 223 Å². The van der Waals surface area contributed by atoms with E-state index in [1.54, 1.807) is 24.3 Å². The van der Waals surface area contributed by atoms with Crippen molar-refractivity contribution in [3.63, 3.8) is 0 Å². The molecule has 0 radical (unpaired) electrons. The van der Waals surface area contributed by atoms with Crippen LogP contribution in [0.1, 0.15) is 48.8 Å². The lowest BCUT2D eigenvalue weighted by Crippen LogP contribution is -2.45. The zero-order valence-electron chi connectivity index (χ0n) is 21.6. The first-order valence-corrected chi connectivity index (χ1v) is 12.6. The number of halogens is 2. The average molecular weight is 536 g/mol. The summed E-state index contributed by atoms with van der Waals surface area (Å²) in [6.07, 6.45) is -0.432. The molecule has 1 aromatic heterocycles. The van der Waals surface area contributed by atoms with Crippen LogP contribution in [-0.4, -0.2) is 47.0 Å². The molecule has 2 N–H and O–H groups in total. The third kappa shape index (κ3) is 4.35. The van der Waals surface area contributed by atoms with Gasteiger partial charge >= 0.3 is 6.09 Å². The van der Waals surface area contributed by atoms with Crippen LogP contribution < -0.4 is 10.6 Å². The van der Waals surface area contributed by atoms with Crippen LogP contribution in [0.25, 0.3) is 10.9 Å². The van der Waals surface area contributed by atoms with Crippen LogP contribution in [-0.2, 0) is 15.1 Å². The van der Waals surface area contributed by atoms with Gasteiger partial charge in [-0.15, -0.1) is 0 Å². The summed E-state index contributed by atoms with van der Waals surface area (Å²) in [4.78, 5) is 41.0. The van der Waals surface area contributed by atoms with E-state index in [-0.39, 0.29) is 41.9 Å². The standard InChI is InChI=1S/C28H27F2N5O4/c1-15(2)8-24(35-22-10-16(29)9-20(30)18(22)11-23(35)25(36)32-3)26(37)34-14-28(12-17(34)13-31)19-6-4-5-7-21(19)33-27(38)39-28/h4-7,9-11,15,17,24H,8,12,14H2,1-3H3,(H,32,36)(H,33,38)/t17-,24-,28-/m0/s1. The summed E-state index contributed by atoms with van der Waals surface area (Å²) in [5.41, 5.74) is -0.0501. The summed E-state index contributed by atoms with van der Waals surface area (Å²) >= 11 is 0. The van der Waals surface area contributed by atoms with E-state index in [9.17, 15) is 28.4 Å². The van der Waals surface area contributed by atoms with Gasteiger partial charge in [-0.05, 0) is 30.5 Å². The number of ether oxygens (including phenoxy) is 1. The van der Waals surface area contributed by atoms with Crippen molar-refractivity contribution in [3.05, 3.63) is 65.4 Å². The second-order valence-electron chi connectivity index (χ2n) is 10.3. The second kappa shape index (κ2) is 9.69. The third-order valence-corrected chi connectivity index (χ3v) is 7.32. The Morgan fingerprint density at radius 1 is 1.26 bits per heavy atom. The first kappa shape index (κ1) is 26.2. The molecule has 3 heterocycles. The number of aromatic nitrogens is 1. The van der Waals surface area contributed by atoms with Crippen molar-refractivity contribution in [1.29, 1.82) is 5.26 Å². The number of amides is 3. The van der Waals surface area contributed by atoms with E-state index in [1.165, 1.54) is 22.6 Å². The number of nitriles is 1. The molecular formula is C28H27F2N5O4. The van der Waals surface area contributed by atoms with Gasteiger partial charge in [0.2, 0.25) is 5.91 Å². The van der Waals surface area contributed by atoms with Crippen molar-refractivity contribution in [2.24, 2.45) is 5.92 Å². The Kier molecular flexibility index (Phi) is 6.50. The molecule has 2 aliphatic rings. The number of benzene rings is 2. The van der Waals surface area contributed by atoms with Gasteiger partial charge in [-0.3, -0.25) is 14.9 Å². The summed E-state index contributed by atoms with van der Waals surface area (Å²) in [5.74, 6) is -2.89. The number of nitrogens with one attached hydrogen (secondary N) is 2. The van der Waals surface area contributed by atoms with Crippen LogP contribution in [0.15, 0.2) is 42.5 Å². The van der Waals surface area contributed by atoms with Gasteiger partial charge in [0.15, 0.2) is 5.60 Å². The molecule has 1 saturated heterocycles. The predicted molar refractivity (Wildman–Crippen MR) is 138 cm³/mol. The minimum Gasteiger partial charge on any atom is -0.436 e. The maximum atomic E-state index is 14.8. The highest BCUT2D eigenvalue weighted by molar-refractivity contribution is 6.00. The molecular weight excluding hydrogens is 508 g/mol. The summed E-state index contributed by atoms with van der Waals surface area (Å²) < 4.78 is 36.3. The van der Waals surface area contributed by atoms with E-state index in [1.807, 2.05) is 13.8 Å². The highest BCUT2D eigenvalue weighted by atomic mass is 19.1. The van der Waals surface area contributed by atoms with Gasteiger partial charge in [-0.25, -0.2) is 13.6 Å². The van der Waals surface area contributed by atoms with E-state index >= 15 is 0 Å². The van der Waals surface area contributed by atoms with Crippen LogP contribution in [0.2, 0.25) is 0 Å². The Balaban J connectivity index is 1.64. The molecule has 39 heavy (non-hydrogen) atoms. The molecule has 5 rings (SSSR count). The molecule has 0 unspecified atom stereocenters. The Bertz CT molecular complexity index is 1540. The monoisotopic (exact) mass is 535 g/mol. The van der Waals surface area contributed by atoms with Crippen molar-refractivity contribution >= 4 is 34.5 Å². The fraction of sp³-hybridized carbons (Fsp3) is 0.357. The molecule has 1 spiro atoms. The van der Waals surface area contributed by atoms with Crippen molar-refractivity contribution in [3.8, 4) is 6.07 Å². The Hall–Kier alpha value is -4.46. The molecule has 3 atom stereocenters. The van der Waals surface area contributed by atoms with E-state index < -0.39 is 47.2 Å². The first-order valence-electron chi connectivity index (χ1n) is 12.6. The van der Waals surface area contributed by atoms with E-state index in [0.717, 1.165) is 12.1 Å². The largest absolute Gasteiger partial charge is 0.436 e. The number of nitrogens with zero attached hydrogens (tertiary/aromatic N) is 3. The summed E-state index contributed by atoms with van der Waals surface area (Å²) in [5, 5.41) is 15.2. The number of carbonyl (C=O) groups is 3. The Morgan fingerprint density at radius 2 is 2.00 bits per heavy atom. The molecule has 11 heteroatoms. The zero-order chi connectivity index (χ0) is 28.1. The quantitative estimate of drug-likeness (QED) is 0.501. The average Bonchev–Trinajstić information content (AvgIpc) is 3.45. The summed E-state index contributed by atoms with van der Waals surface area (Å²) in [6, 6.07) is 10.3. The number of hydrogen-bond donors (Lipinski definition) is 2. The van der Waals surface area contributed by atoms with Gasteiger partial charge < -0.3 is 19.5 Å². The number of rotatable bonds is 5. The molecule has 3 aromatic rings. The number of anilines is 1. The fourth-order valence-corrected chi connectivity index (χ4v) is 5.69. The number of likely N-dealkylation sites (tertiary alicyclic amines) is 1. The van der Waals surface area contributed by atoms with E-state index in [2.05, 4.69) is 16.7 Å². The van der Waals surface area contributed by atoms with Gasteiger partial charge in [0.25, 0.3) is 5.91 Å². The summed E-state index contributed by atoms with van der Waals surface area (Å²) in [6.45, 7) is 3.66. The Morgan fingerprint density at radius 3 is 2.69 bits per heavy atom. The summed E-state index contributed by atoms with van der Waals surface area (Å²) in [7, 11) is 1.40. The van der Waals surface area contributed by atoms with Crippen molar-refractivity contribution in [1.82, 2.24) is 14.8 Å². The second-order valence-corrected chi connectivity index (χ2v) is 10.3. The molecule has 1 fully saturated rings. The van der Waals surface area contributed by atoms with Crippen molar-refractivity contribution in [2.45, 2.75) is 44.4 Å². The number of para-hydroxylation sites is 1. The zero-order valence-corrected chi connectivity index (χ0v) is 21.6. The van der Waals surface area contributed by atoms with Crippen molar-refractivity contribution in [2.75, 3.05) is 18.9 Å². The van der Waals surface area contributed by atoms with Crippen LogP contribution in [0.3, 0.4) is 0 Å². The van der Waals surface area contributed by atoms with Crippen LogP contribution in [0.4, 0.5) is 19.3 Å². The van der Waals surface area contributed by atoms with Gasteiger partial charge in [0, 0.05) is 30.5 Å². The number of fused-ring (bicyclic) bond motifs is 3. The van der Waals surface area contributed by atoms with Crippen LogP contribution in [0, 0.1) is 28.9 Å². The maximum Gasteiger partial charge on any atom is 0.412 e. The molecule has 0 bridgehead atoms. The maximum absolute atomic E-state index is 14.8. The number of carbonyl (C=O) groups excluding carboxylic acids is 3. The van der Waals surface area contributed by atoms with Crippen LogP contribution in [0.5, 0.6) is 0 Å². The van der Waals surface area contributed by atoms with Gasteiger partial charge in [0.1, 0.15) is 29.4 Å². The van der Waals surface area contributed by atoms with Gasteiger partial charge in [-0.1, -0.05) is 32.0 Å². The molecule has 9 nitrogen and oxygen atoms in total. The molecule has 2 aromatic carbocycles. The normalized spacial score (nSPS) is 20.9.